The molecule has 4 rings (SSSR count). The first-order valence-electron chi connectivity index (χ1n) is 8.70. The molecular formula is C17H22N6O3. The van der Waals surface area contributed by atoms with Crippen molar-refractivity contribution in [3.05, 3.63) is 35.6 Å². The summed E-state index contributed by atoms with van der Waals surface area (Å²) in [5.41, 5.74) is 2.40. The van der Waals surface area contributed by atoms with Gasteiger partial charge in [-0.15, -0.1) is 5.10 Å². The zero-order valence-corrected chi connectivity index (χ0v) is 14.8. The van der Waals surface area contributed by atoms with Crippen molar-refractivity contribution in [3.63, 3.8) is 0 Å². The Morgan fingerprint density at radius 1 is 1.38 bits per heavy atom. The van der Waals surface area contributed by atoms with E-state index in [1.807, 2.05) is 6.07 Å². The molecular weight excluding hydrogens is 336 g/mol. The Labute approximate surface area is 150 Å². The molecule has 0 unspecified atom stereocenters. The van der Waals surface area contributed by atoms with Crippen LogP contribution in [0.1, 0.15) is 47.7 Å². The van der Waals surface area contributed by atoms with E-state index in [1.54, 1.807) is 29.7 Å². The van der Waals surface area contributed by atoms with Crippen LogP contribution in [0.25, 0.3) is 5.52 Å². The summed E-state index contributed by atoms with van der Waals surface area (Å²) in [6.07, 6.45) is 7.51. The van der Waals surface area contributed by atoms with Crippen LogP contribution in [0.4, 0.5) is 5.95 Å². The van der Waals surface area contributed by atoms with Crippen molar-refractivity contribution >= 4 is 17.4 Å². The standard InChI is InChI=1S/C17H22N6O3/c1-21(2)16(24)13-7-12-8-18-17(19-14-9-26-10-22(14)25)20-23(12)15(13)11-5-3-4-6-11/h7-9,11,25H,3-6,10H2,1-2H3,(H,19,20). The van der Waals surface area contributed by atoms with Crippen LogP contribution in [0.15, 0.2) is 24.3 Å². The topological polar surface area (TPSA) is 95.2 Å². The molecule has 1 aliphatic carbocycles. The van der Waals surface area contributed by atoms with E-state index >= 15 is 0 Å². The van der Waals surface area contributed by atoms with E-state index in [0.717, 1.165) is 42.0 Å². The molecule has 0 bridgehead atoms. The monoisotopic (exact) mass is 358 g/mol. The maximum Gasteiger partial charge on any atom is 0.255 e. The first-order chi connectivity index (χ1) is 12.5. The van der Waals surface area contributed by atoms with E-state index in [1.165, 1.54) is 6.26 Å². The van der Waals surface area contributed by atoms with Gasteiger partial charge in [0.25, 0.3) is 5.91 Å². The van der Waals surface area contributed by atoms with Crippen molar-refractivity contribution in [3.8, 4) is 0 Å². The Bertz CT molecular complexity index is 869. The molecule has 0 spiro atoms. The maximum atomic E-state index is 12.7. The number of carbonyl (C=O) groups excluding carboxylic acids is 1. The number of carbonyl (C=O) groups is 1. The highest BCUT2D eigenvalue weighted by molar-refractivity contribution is 5.97. The number of hydroxylamine groups is 2. The molecule has 1 saturated carbocycles. The molecule has 2 aliphatic rings. The van der Waals surface area contributed by atoms with Crippen LogP contribution in [0.5, 0.6) is 0 Å². The maximum absolute atomic E-state index is 12.7. The summed E-state index contributed by atoms with van der Waals surface area (Å²) in [5.74, 6) is 0.971. The van der Waals surface area contributed by atoms with Gasteiger partial charge < -0.3 is 15.0 Å². The Balaban J connectivity index is 1.78. The minimum absolute atomic E-state index is 0.0275. The molecule has 1 fully saturated rings. The number of nitrogens with zero attached hydrogens (tertiary/aromatic N) is 5. The number of ether oxygens (including phenoxy) is 1. The number of fused-ring (bicyclic) bond motifs is 1. The quantitative estimate of drug-likeness (QED) is 0.863. The smallest absolute Gasteiger partial charge is 0.255 e. The summed E-state index contributed by atoms with van der Waals surface area (Å²) in [7, 11) is 3.51. The lowest BCUT2D eigenvalue weighted by molar-refractivity contribution is -0.0877. The Morgan fingerprint density at radius 3 is 2.81 bits per heavy atom. The highest BCUT2D eigenvalue weighted by Gasteiger charge is 2.28. The van der Waals surface area contributed by atoms with Crippen molar-refractivity contribution < 1.29 is 14.7 Å². The van der Waals surface area contributed by atoms with Crippen LogP contribution in [0, 0.1) is 0 Å². The number of hydrogen-bond donors (Lipinski definition) is 2. The van der Waals surface area contributed by atoms with Gasteiger partial charge in [-0.25, -0.2) is 14.6 Å². The third-order valence-electron chi connectivity index (χ3n) is 4.84. The normalized spacial score (nSPS) is 17.5. The molecule has 138 valence electrons. The third-order valence-corrected chi connectivity index (χ3v) is 4.84. The molecule has 2 aromatic heterocycles. The van der Waals surface area contributed by atoms with Gasteiger partial charge in [-0.2, -0.15) is 0 Å². The van der Waals surface area contributed by atoms with Gasteiger partial charge >= 0.3 is 0 Å². The lowest BCUT2D eigenvalue weighted by atomic mass is 10.00. The van der Waals surface area contributed by atoms with Gasteiger partial charge in [0.1, 0.15) is 6.26 Å². The van der Waals surface area contributed by atoms with Crippen LogP contribution in [0.3, 0.4) is 0 Å². The lowest BCUT2D eigenvalue weighted by Crippen LogP contribution is -2.23. The molecule has 0 aromatic carbocycles. The SMILES string of the molecule is CN(C)C(=O)c1cc2cnc(NC3=COCN3O)nn2c1C1CCCC1. The molecule has 26 heavy (non-hydrogen) atoms. The number of nitrogens with one attached hydrogen (secondary N) is 1. The predicted molar refractivity (Wildman–Crippen MR) is 93.5 cm³/mol. The highest BCUT2D eigenvalue weighted by atomic mass is 16.6. The van der Waals surface area contributed by atoms with Gasteiger partial charge in [-0.05, 0) is 18.9 Å². The number of amides is 1. The molecule has 9 nitrogen and oxygen atoms in total. The van der Waals surface area contributed by atoms with Gasteiger partial charge in [-0.3, -0.25) is 10.0 Å². The zero-order valence-electron chi connectivity index (χ0n) is 14.8. The summed E-state index contributed by atoms with van der Waals surface area (Å²) < 4.78 is 6.84. The Hall–Kier alpha value is -2.81. The molecule has 2 aromatic rings. The molecule has 2 N–H and O–H groups in total. The summed E-state index contributed by atoms with van der Waals surface area (Å²) in [6, 6.07) is 1.86. The zero-order chi connectivity index (χ0) is 18.3. The second kappa shape index (κ2) is 6.49. The number of aromatic nitrogens is 3. The second-order valence-electron chi connectivity index (χ2n) is 6.87. The van der Waals surface area contributed by atoms with Gasteiger partial charge in [0.15, 0.2) is 12.6 Å². The molecule has 1 aliphatic heterocycles. The fourth-order valence-corrected chi connectivity index (χ4v) is 3.57. The molecule has 0 radical (unpaired) electrons. The molecule has 1 amide bonds. The third kappa shape index (κ3) is 2.84. The fraction of sp³-hybridized carbons (Fsp3) is 0.471. The van der Waals surface area contributed by atoms with Crippen LogP contribution in [-0.4, -0.2) is 56.5 Å². The van der Waals surface area contributed by atoms with Crippen molar-refractivity contribution in [2.75, 3.05) is 26.1 Å². The first-order valence-corrected chi connectivity index (χ1v) is 8.70. The average molecular weight is 358 g/mol. The summed E-state index contributed by atoms with van der Waals surface area (Å²) in [5, 5.41) is 18.1. The Kier molecular flexibility index (Phi) is 4.15. The van der Waals surface area contributed by atoms with Gasteiger partial charge in [0, 0.05) is 20.0 Å². The minimum atomic E-state index is -0.0275. The Morgan fingerprint density at radius 2 is 2.15 bits per heavy atom. The molecule has 0 atom stereocenters. The van der Waals surface area contributed by atoms with Crippen molar-refractivity contribution in [1.29, 1.82) is 0 Å². The highest BCUT2D eigenvalue weighted by Crippen LogP contribution is 2.37. The van der Waals surface area contributed by atoms with Crippen LogP contribution in [-0.2, 0) is 4.74 Å². The summed E-state index contributed by atoms with van der Waals surface area (Å²) >= 11 is 0. The average Bonchev–Trinajstić information content (AvgIpc) is 3.34. The summed E-state index contributed by atoms with van der Waals surface area (Å²) in [4.78, 5) is 18.6. The van der Waals surface area contributed by atoms with Gasteiger partial charge in [0.2, 0.25) is 5.95 Å². The van der Waals surface area contributed by atoms with E-state index < -0.39 is 0 Å². The number of hydrogen-bond acceptors (Lipinski definition) is 7. The van der Waals surface area contributed by atoms with Crippen molar-refractivity contribution in [2.24, 2.45) is 0 Å². The second-order valence-corrected chi connectivity index (χ2v) is 6.87. The van der Waals surface area contributed by atoms with Crippen molar-refractivity contribution in [1.82, 2.24) is 24.6 Å². The number of rotatable bonds is 4. The minimum Gasteiger partial charge on any atom is -0.475 e. The van der Waals surface area contributed by atoms with Crippen molar-refractivity contribution in [2.45, 2.75) is 31.6 Å². The largest absolute Gasteiger partial charge is 0.475 e. The van der Waals surface area contributed by atoms with Gasteiger partial charge in [-0.1, -0.05) is 12.8 Å². The van der Waals surface area contributed by atoms with Gasteiger partial charge in [0.05, 0.1) is 23.0 Å². The van der Waals surface area contributed by atoms with Crippen LogP contribution in [0.2, 0.25) is 0 Å². The molecule has 9 heteroatoms. The summed E-state index contributed by atoms with van der Waals surface area (Å²) in [6.45, 7) is 0.0584. The first kappa shape index (κ1) is 16.6. The van der Waals surface area contributed by atoms with E-state index in [4.69, 9.17) is 4.74 Å². The van der Waals surface area contributed by atoms with E-state index in [-0.39, 0.29) is 12.6 Å². The fourth-order valence-electron chi connectivity index (χ4n) is 3.57. The predicted octanol–water partition coefficient (Wildman–Crippen LogP) is 1.98. The van der Waals surface area contributed by atoms with E-state index in [9.17, 15) is 10.0 Å². The lowest BCUT2D eigenvalue weighted by Gasteiger charge is -2.16. The van der Waals surface area contributed by atoms with E-state index in [2.05, 4.69) is 15.4 Å². The van der Waals surface area contributed by atoms with E-state index in [0.29, 0.717) is 23.3 Å². The van der Waals surface area contributed by atoms with Crippen LogP contribution >= 0.6 is 0 Å². The van der Waals surface area contributed by atoms with Crippen LogP contribution < -0.4 is 5.32 Å². The number of anilines is 1. The molecule has 3 heterocycles. The molecule has 0 saturated heterocycles.